The second-order valence-electron chi connectivity index (χ2n) is 7.21. The molecule has 7 heteroatoms. The SMILES string of the molecule is CC1Oc2ccc(-c3csc(-c4ccccn4)n3)cc2N(Cc2ccccc2Cl)C1=O. The van der Waals surface area contributed by atoms with Gasteiger partial charge in [0.05, 0.1) is 23.6 Å². The molecule has 0 fully saturated rings. The Bertz CT molecular complexity index is 1260. The number of anilines is 1. The normalized spacial score (nSPS) is 15.5. The molecule has 1 aliphatic heterocycles. The molecule has 0 N–H and O–H groups in total. The molecule has 31 heavy (non-hydrogen) atoms. The first-order valence-corrected chi connectivity index (χ1v) is 11.1. The van der Waals surface area contributed by atoms with Crippen molar-refractivity contribution in [3.8, 4) is 27.7 Å². The van der Waals surface area contributed by atoms with Crippen LogP contribution >= 0.6 is 22.9 Å². The van der Waals surface area contributed by atoms with Crippen LogP contribution in [0.4, 0.5) is 5.69 Å². The summed E-state index contributed by atoms with van der Waals surface area (Å²) in [5, 5.41) is 3.48. The number of pyridine rings is 1. The van der Waals surface area contributed by atoms with Crippen molar-refractivity contribution in [1.82, 2.24) is 9.97 Å². The summed E-state index contributed by atoms with van der Waals surface area (Å²) in [5.41, 5.74) is 4.18. The molecule has 0 spiro atoms. The number of nitrogens with zero attached hydrogens (tertiary/aromatic N) is 3. The molecular formula is C24H18ClN3O2S. The predicted molar refractivity (Wildman–Crippen MR) is 124 cm³/mol. The molecule has 0 bridgehead atoms. The van der Waals surface area contributed by atoms with E-state index in [-0.39, 0.29) is 5.91 Å². The largest absolute Gasteiger partial charge is 0.479 e. The molecule has 0 aliphatic carbocycles. The first-order chi connectivity index (χ1) is 15.1. The molecule has 4 aromatic rings. The molecule has 0 saturated carbocycles. The van der Waals surface area contributed by atoms with Gasteiger partial charge in [0.25, 0.3) is 5.91 Å². The third-order valence-electron chi connectivity index (χ3n) is 5.14. The minimum Gasteiger partial charge on any atom is -0.479 e. The third-order valence-corrected chi connectivity index (χ3v) is 6.37. The second kappa shape index (κ2) is 8.13. The summed E-state index contributed by atoms with van der Waals surface area (Å²) in [6, 6.07) is 19.1. The zero-order chi connectivity index (χ0) is 21.4. The first kappa shape index (κ1) is 19.7. The Labute approximate surface area is 188 Å². The fourth-order valence-corrected chi connectivity index (χ4v) is 4.54. The smallest absolute Gasteiger partial charge is 0.268 e. The number of halogens is 1. The molecular weight excluding hydrogens is 430 g/mol. The van der Waals surface area contributed by atoms with E-state index in [4.69, 9.17) is 21.3 Å². The van der Waals surface area contributed by atoms with E-state index in [1.54, 1.807) is 18.0 Å². The van der Waals surface area contributed by atoms with Gasteiger partial charge in [0.2, 0.25) is 0 Å². The quantitative estimate of drug-likeness (QED) is 0.394. The number of hydrogen-bond donors (Lipinski definition) is 0. The lowest BCUT2D eigenvalue weighted by Gasteiger charge is -2.33. The standard InChI is InChI=1S/C24H18ClN3O2S/c1-15-24(29)28(13-17-6-2-3-7-18(17)25)21-12-16(9-10-22(21)30-15)20-14-31-23(27-20)19-8-4-5-11-26-19/h2-12,14-15H,13H2,1H3. The Morgan fingerprint density at radius 3 is 2.74 bits per heavy atom. The number of aromatic nitrogens is 2. The Hall–Kier alpha value is -3.22. The number of benzene rings is 2. The molecule has 154 valence electrons. The molecule has 5 nitrogen and oxygen atoms in total. The summed E-state index contributed by atoms with van der Waals surface area (Å²) < 4.78 is 5.86. The monoisotopic (exact) mass is 447 g/mol. The van der Waals surface area contributed by atoms with Gasteiger partial charge in [0, 0.05) is 22.2 Å². The van der Waals surface area contributed by atoms with Crippen LogP contribution in [-0.2, 0) is 11.3 Å². The lowest BCUT2D eigenvalue weighted by Crippen LogP contribution is -2.44. The van der Waals surface area contributed by atoms with Crippen molar-refractivity contribution in [3.05, 3.63) is 82.8 Å². The molecule has 1 unspecified atom stereocenters. The minimum absolute atomic E-state index is 0.1000. The summed E-state index contributed by atoms with van der Waals surface area (Å²) in [6.45, 7) is 2.14. The lowest BCUT2D eigenvalue weighted by molar-refractivity contribution is -0.125. The average molecular weight is 448 g/mol. The van der Waals surface area contributed by atoms with E-state index in [9.17, 15) is 4.79 Å². The molecule has 2 aromatic carbocycles. The van der Waals surface area contributed by atoms with E-state index < -0.39 is 6.10 Å². The number of amides is 1. The zero-order valence-electron chi connectivity index (χ0n) is 16.7. The van der Waals surface area contributed by atoms with Crippen LogP contribution in [0, 0.1) is 0 Å². The molecule has 1 aliphatic rings. The number of thiazole rings is 1. The van der Waals surface area contributed by atoms with Crippen LogP contribution in [0.2, 0.25) is 5.02 Å². The Balaban J connectivity index is 1.53. The van der Waals surface area contributed by atoms with Crippen LogP contribution in [0.1, 0.15) is 12.5 Å². The minimum atomic E-state index is -0.559. The molecule has 3 heterocycles. The van der Waals surface area contributed by atoms with Gasteiger partial charge in [-0.05, 0) is 48.9 Å². The van der Waals surface area contributed by atoms with Crippen molar-refractivity contribution in [3.63, 3.8) is 0 Å². The van der Waals surface area contributed by atoms with Gasteiger partial charge in [-0.2, -0.15) is 0 Å². The van der Waals surface area contributed by atoms with E-state index >= 15 is 0 Å². The summed E-state index contributed by atoms with van der Waals surface area (Å²) in [7, 11) is 0. The molecule has 1 amide bonds. The molecule has 1 atom stereocenters. The third kappa shape index (κ3) is 3.80. The van der Waals surface area contributed by atoms with Gasteiger partial charge in [0.1, 0.15) is 10.8 Å². The van der Waals surface area contributed by atoms with Gasteiger partial charge in [-0.15, -0.1) is 11.3 Å². The summed E-state index contributed by atoms with van der Waals surface area (Å²) in [6.07, 6.45) is 1.20. The molecule has 5 rings (SSSR count). The number of fused-ring (bicyclic) bond motifs is 1. The van der Waals surface area contributed by atoms with Gasteiger partial charge in [-0.25, -0.2) is 4.98 Å². The van der Waals surface area contributed by atoms with Gasteiger partial charge >= 0.3 is 0 Å². The van der Waals surface area contributed by atoms with Crippen molar-refractivity contribution >= 4 is 34.5 Å². The van der Waals surface area contributed by atoms with Crippen LogP contribution in [0.15, 0.2) is 72.2 Å². The van der Waals surface area contributed by atoms with Gasteiger partial charge < -0.3 is 9.64 Å². The van der Waals surface area contributed by atoms with Crippen molar-refractivity contribution in [2.45, 2.75) is 19.6 Å². The van der Waals surface area contributed by atoms with Crippen LogP contribution in [-0.4, -0.2) is 22.0 Å². The highest BCUT2D eigenvalue weighted by molar-refractivity contribution is 7.13. The van der Waals surface area contributed by atoms with Gasteiger partial charge in [-0.3, -0.25) is 9.78 Å². The number of carbonyl (C=O) groups excluding carboxylic acids is 1. The number of ether oxygens (including phenoxy) is 1. The van der Waals surface area contributed by atoms with E-state index in [1.807, 2.05) is 66.0 Å². The van der Waals surface area contributed by atoms with Crippen LogP contribution in [0.25, 0.3) is 22.0 Å². The fourth-order valence-electron chi connectivity index (χ4n) is 3.54. The molecule has 2 aromatic heterocycles. The molecule has 0 radical (unpaired) electrons. The zero-order valence-corrected chi connectivity index (χ0v) is 18.2. The maximum atomic E-state index is 13.0. The van der Waals surface area contributed by atoms with Crippen molar-refractivity contribution in [2.75, 3.05) is 4.90 Å². The fraction of sp³-hybridized carbons (Fsp3) is 0.125. The maximum Gasteiger partial charge on any atom is 0.268 e. The highest BCUT2D eigenvalue weighted by Crippen LogP contribution is 2.39. The Morgan fingerprint density at radius 1 is 1.10 bits per heavy atom. The van der Waals surface area contributed by atoms with E-state index in [2.05, 4.69) is 4.98 Å². The van der Waals surface area contributed by atoms with Crippen molar-refractivity contribution < 1.29 is 9.53 Å². The van der Waals surface area contributed by atoms with Crippen LogP contribution < -0.4 is 9.64 Å². The van der Waals surface area contributed by atoms with E-state index in [0.29, 0.717) is 23.0 Å². The summed E-state index contributed by atoms with van der Waals surface area (Å²) >= 11 is 7.90. The summed E-state index contributed by atoms with van der Waals surface area (Å²) in [4.78, 5) is 23.8. The number of carbonyl (C=O) groups is 1. The van der Waals surface area contributed by atoms with Crippen molar-refractivity contribution in [1.29, 1.82) is 0 Å². The van der Waals surface area contributed by atoms with Crippen LogP contribution in [0.5, 0.6) is 5.75 Å². The van der Waals surface area contributed by atoms with E-state index in [0.717, 1.165) is 27.5 Å². The van der Waals surface area contributed by atoms with Gasteiger partial charge in [-0.1, -0.05) is 35.9 Å². The Morgan fingerprint density at radius 2 is 1.94 bits per heavy atom. The predicted octanol–water partition coefficient (Wildman–Crippen LogP) is 5.84. The number of rotatable bonds is 4. The molecule has 0 saturated heterocycles. The maximum absolute atomic E-state index is 13.0. The second-order valence-corrected chi connectivity index (χ2v) is 8.48. The highest BCUT2D eigenvalue weighted by atomic mass is 35.5. The van der Waals surface area contributed by atoms with Crippen LogP contribution in [0.3, 0.4) is 0 Å². The van der Waals surface area contributed by atoms with Gasteiger partial charge in [0.15, 0.2) is 6.10 Å². The average Bonchev–Trinajstić information content (AvgIpc) is 3.29. The van der Waals surface area contributed by atoms with Crippen molar-refractivity contribution in [2.24, 2.45) is 0 Å². The lowest BCUT2D eigenvalue weighted by atomic mass is 10.1. The topological polar surface area (TPSA) is 55.3 Å². The summed E-state index contributed by atoms with van der Waals surface area (Å²) in [5.74, 6) is 0.570. The highest BCUT2D eigenvalue weighted by Gasteiger charge is 2.32. The van der Waals surface area contributed by atoms with E-state index in [1.165, 1.54) is 11.3 Å². The number of hydrogen-bond acceptors (Lipinski definition) is 5. The Kier molecular flexibility index (Phi) is 5.18. The first-order valence-electron chi connectivity index (χ1n) is 9.83.